The predicted molar refractivity (Wildman–Crippen MR) is 162 cm³/mol. The Hall–Kier alpha value is -5.42. The van der Waals surface area contributed by atoms with Crippen LogP contribution in [0.3, 0.4) is 0 Å². The molecule has 4 atom stereocenters. The lowest BCUT2D eigenvalue weighted by molar-refractivity contribution is -0.141. The van der Waals surface area contributed by atoms with Crippen LogP contribution in [0.1, 0.15) is 44.1 Å². The second kappa shape index (κ2) is 19.1. The molecule has 1 heterocycles. The fourth-order valence-electron chi connectivity index (χ4n) is 4.52. The van der Waals surface area contributed by atoms with Crippen molar-refractivity contribution >= 4 is 47.9 Å². The van der Waals surface area contributed by atoms with Gasteiger partial charge in [-0.05, 0) is 49.8 Å². The van der Waals surface area contributed by atoms with Crippen LogP contribution >= 0.6 is 0 Å². The molecule has 1 fully saturated rings. The van der Waals surface area contributed by atoms with Crippen LogP contribution in [0.25, 0.3) is 0 Å². The molecule has 0 spiro atoms. The van der Waals surface area contributed by atoms with Crippen LogP contribution in [0.15, 0.2) is 24.3 Å². The highest BCUT2D eigenvalue weighted by Gasteiger charge is 2.33. The van der Waals surface area contributed by atoms with E-state index < -0.39 is 72.6 Å². The Balaban J connectivity index is 2.44. The van der Waals surface area contributed by atoms with Crippen molar-refractivity contribution in [1.82, 2.24) is 37.2 Å². The normalized spacial score (nSPS) is 21.2. The first-order chi connectivity index (χ1) is 21.9. The number of carbonyl (C=O) groups is 7. The second-order valence-corrected chi connectivity index (χ2v) is 10.5. The summed E-state index contributed by atoms with van der Waals surface area (Å²) in [7, 11) is 0. The van der Waals surface area contributed by atoms with Gasteiger partial charge >= 0.3 is 5.97 Å². The maximum absolute atomic E-state index is 13.6. The number of guanidine groups is 1. The third-order valence-electron chi connectivity index (χ3n) is 6.86. The molecule has 1 aromatic carbocycles. The average molecular weight is 648 g/mol. The maximum Gasteiger partial charge on any atom is 0.305 e. The summed E-state index contributed by atoms with van der Waals surface area (Å²) in [6.45, 7) is -0.143. The van der Waals surface area contributed by atoms with E-state index in [2.05, 4.69) is 37.2 Å². The third kappa shape index (κ3) is 13.5. The van der Waals surface area contributed by atoms with E-state index in [0.717, 1.165) is 0 Å². The Kier molecular flexibility index (Phi) is 15.2. The zero-order valence-electron chi connectivity index (χ0n) is 25.1. The van der Waals surface area contributed by atoms with E-state index in [-0.39, 0.29) is 43.9 Å². The Bertz CT molecular complexity index is 1260. The zero-order valence-corrected chi connectivity index (χ0v) is 25.1. The second-order valence-electron chi connectivity index (χ2n) is 10.5. The van der Waals surface area contributed by atoms with Gasteiger partial charge < -0.3 is 53.2 Å². The molecule has 1 aliphatic rings. The van der Waals surface area contributed by atoms with E-state index in [1.165, 1.54) is 24.3 Å². The van der Waals surface area contributed by atoms with Gasteiger partial charge in [-0.2, -0.15) is 0 Å². The van der Waals surface area contributed by atoms with Crippen molar-refractivity contribution in [1.29, 1.82) is 5.41 Å². The van der Waals surface area contributed by atoms with Gasteiger partial charge in [0.05, 0.1) is 13.0 Å². The van der Waals surface area contributed by atoms with Gasteiger partial charge in [0.25, 0.3) is 0 Å². The monoisotopic (exact) mass is 647 g/mol. The predicted octanol–water partition coefficient (Wildman–Crippen LogP) is -3.34. The lowest BCUT2D eigenvalue weighted by Crippen LogP contribution is -2.58. The minimum absolute atomic E-state index is 0.0425. The van der Waals surface area contributed by atoms with Crippen LogP contribution in [0.5, 0.6) is 5.75 Å². The van der Waals surface area contributed by atoms with Crippen LogP contribution in [0.4, 0.5) is 0 Å². The van der Waals surface area contributed by atoms with Gasteiger partial charge in [0.2, 0.25) is 35.9 Å². The van der Waals surface area contributed by atoms with Gasteiger partial charge in [0, 0.05) is 19.5 Å². The first kappa shape index (κ1) is 36.8. The smallest absolute Gasteiger partial charge is 0.305 e. The summed E-state index contributed by atoms with van der Waals surface area (Å²) in [6, 6.07) is 0.406. The SMILES string of the molecule is N=C(N)NCCCC1NC(=O)C(CCCCNC=O)NC(=O)C(Cc2ccc(O)cc2)NC(=O)C(CC(=O)O)NC(=O)CNC1=O. The minimum Gasteiger partial charge on any atom is -0.508 e. The molecule has 2 rings (SSSR count). The Morgan fingerprint density at radius 2 is 1.43 bits per heavy atom. The van der Waals surface area contributed by atoms with E-state index in [0.29, 0.717) is 31.4 Å². The van der Waals surface area contributed by atoms with Crippen molar-refractivity contribution in [3.63, 3.8) is 0 Å². The lowest BCUT2D eigenvalue weighted by atomic mass is 10.0. The van der Waals surface area contributed by atoms with Gasteiger partial charge in [-0.25, -0.2) is 0 Å². The number of aliphatic carboxylic acids is 1. The number of carbonyl (C=O) groups excluding carboxylic acids is 6. The van der Waals surface area contributed by atoms with E-state index in [4.69, 9.17) is 11.1 Å². The van der Waals surface area contributed by atoms with Gasteiger partial charge in [-0.1, -0.05) is 12.1 Å². The highest BCUT2D eigenvalue weighted by Crippen LogP contribution is 2.13. The molecule has 6 amide bonds. The first-order valence-corrected chi connectivity index (χ1v) is 14.6. The van der Waals surface area contributed by atoms with Crippen molar-refractivity contribution in [2.24, 2.45) is 5.73 Å². The number of amides is 6. The number of benzene rings is 1. The Morgan fingerprint density at radius 1 is 0.848 bits per heavy atom. The molecule has 0 bridgehead atoms. The van der Waals surface area contributed by atoms with Crippen molar-refractivity contribution in [2.45, 2.75) is 69.1 Å². The summed E-state index contributed by atoms with van der Waals surface area (Å²) in [6.07, 6.45) is 0.790. The topological polar surface area (TPSA) is 294 Å². The standard InChI is InChI=1S/C28H41N9O9/c29-28(30)32-11-3-5-18-24(43)33-14-22(40)34-21(13-23(41)42)27(46)37-20(12-16-6-8-17(39)9-7-16)26(45)36-19(25(44)35-18)4-1-2-10-31-15-38/h6-9,15,18-21,39H,1-5,10-14H2,(H,31,38)(H,33,43)(H,34,40)(H,35,44)(H,36,45)(H,37,46)(H,41,42)(H4,29,30,32). The van der Waals surface area contributed by atoms with Crippen LogP contribution in [0, 0.1) is 5.41 Å². The van der Waals surface area contributed by atoms with Crippen molar-refractivity contribution in [3.8, 4) is 5.75 Å². The number of nitrogens with two attached hydrogens (primary N) is 1. The molecule has 0 aliphatic carbocycles. The number of hydrogen-bond acceptors (Lipinski definition) is 9. The number of aromatic hydroxyl groups is 1. The number of phenolic OH excluding ortho intramolecular Hbond substituents is 1. The van der Waals surface area contributed by atoms with Crippen molar-refractivity contribution in [2.75, 3.05) is 19.6 Å². The number of carboxylic acids is 1. The molecular formula is C28H41N9O9. The number of unbranched alkanes of at least 4 members (excludes halogenated alkanes) is 1. The van der Waals surface area contributed by atoms with E-state index in [1.54, 1.807) is 0 Å². The fraction of sp³-hybridized carbons (Fsp3) is 0.500. The van der Waals surface area contributed by atoms with Gasteiger partial charge in [0.15, 0.2) is 5.96 Å². The molecule has 1 saturated heterocycles. The van der Waals surface area contributed by atoms with E-state index in [1.807, 2.05) is 0 Å². The molecule has 1 aromatic rings. The summed E-state index contributed by atoms with van der Waals surface area (Å²) in [5.41, 5.74) is 5.80. The molecule has 0 saturated carbocycles. The molecule has 1 aliphatic heterocycles. The van der Waals surface area contributed by atoms with E-state index in [9.17, 15) is 43.8 Å². The number of phenols is 1. The molecule has 18 nitrogen and oxygen atoms in total. The highest BCUT2D eigenvalue weighted by molar-refractivity contribution is 5.98. The number of hydrogen-bond donors (Lipinski definition) is 11. The summed E-state index contributed by atoms with van der Waals surface area (Å²) >= 11 is 0. The summed E-state index contributed by atoms with van der Waals surface area (Å²) in [5.74, 6) is -5.93. The number of nitrogens with one attached hydrogen (secondary N) is 8. The summed E-state index contributed by atoms with van der Waals surface area (Å²) in [4.78, 5) is 88.2. The largest absolute Gasteiger partial charge is 0.508 e. The number of carboxylic acid groups (broad SMARTS) is 1. The minimum atomic E-state index is -1.61. The van der Waals surface area contributed by atoms with Gasteiger partial charge in [-0.3, -0.25) is 39.0 Å². The Morgan fingerprint density at radius 3 is 2.07 bits per heavy atom. The van der Waals surface area contributed by atoms with Gasteiger partial charge in [-0.15, -0.1) is 0 Å². The molecule has 0 radical (unpaired) electrons. The molecule has 0 aromatic heterocycles. The maximum atomic E-state index is 13.6. The fourth-order valence-corrected chi connectivity index (χ4v) is 4.52. The van der Waals surface area contributed by atoms with E-state index >= 15 is 0 Å². The molecule has 12 N–H and O–H groups in total. The van der Waals surface area contributed by atoms with Crippen molar-refractivity contribution in [3.05, 3.63) is 29.8 Å². The van der Waals surface area contributed by atoms with Crippen LogP contribution in [-0.2, 0) is 40.0 Å². The molecule has 18 heteroatoms. The third-order valence-corrected chi connectivity index (χ3v) is 6.86. The average Bonchev–Trinajstić information content (AvgIpc) is 3.00. The molecule has 46 heavy (non-hydrogen) atoms. The molecule has 252 valence electrons. The lowest BCUT2D eigenvalue weighted by Gasteiger charge is -2.26. The van der Waals surface area contributed by atoms with Crippen LogP contribution in [0.2, 0.25) is 0 Å². The zero-order chi connectivity index (χ0) is 34.1. The number of rotatable bonds is 14. The highest BCUT2D eigenvalue weighted by atomic mass is 16.4. The van der Waals surface area contributed by atoms with Crippen molar-refractivity contribution < 1.29 is 43.8 Å². The molecular weight excluding hydrogens is 606 g/mol. The quantitative estimate of drug-likeness (QED) is 0.0410. The van der Waals surface area contributed by atoms with Crippen LogP contribution in [-0.4, -0.2) is 102 Å². The molecule has 4 unspecified atom stereocenters. The van der Waals surface area contributed by atoms with Gasteiger partial charge in [0.1, 0.15) is 29.9 Å². The summed E-state index contributed by atoms with van der Waals surface area (Å²) in [5, 5.41) is 43.7. The van der Waals surface area contributed by atoms with Crippen LogP contribution < -0.4 is 43.0 Å². The summed E-state index contributed by atoms with van der Waals surface area (Å²) < 4.78 is 0. The Labute approximate surface area is 264 Å². The first-order valence-electron chi connectivity index (χ1n) is 14.6.